The summed E-state index contributed by atoms with van der Waals surface area (Å²) in [5, 5.41) is 5.49. The van der Waals surface area contributed by atoms with Crippen molar-refractivity contribution in [2.75, 3.05) is 38.2 Å². The van der Waals surface area contributed by atoms with Gasteiger partial charge < -0.3 is 20.1 Å². The Labute approximate surface area is 196 Å². The summed E-state index contributed by atoms with van der Waals surface area (Å²) in [7, 11) is 0. The number of nitrogens with zero attached hydrogens (tertiary/aromatic N) is 1. The smallest absolute Gasteiger partial charge is 0.251 e. The molecule has 1 fully saturated rings. The number of ether oxygens (including phenoxy) is 2. The molecule has 1 saturated heterocycles. The van der Waals surface area contributed by atoms with E-state index in [9.17, 15) is 9.59 Å². The third-order valence-electron chi connectivity index (χ3n) is 5.56. The van der Waals surface area contributed by atoms with E-state index >= 15 is 0 Å². The van der Waals surface area contributed by atoms with Crippen LogP contribution in [-0.4, -0.2) is 49.6 Å². The molecule has 2 amide bonds. The van der Waals surface area contributed by atoms with Gasteiger partial charge in [0.25, 0.3) is 5.91 Å². The van der Waals surface area contributed by atoms with Crippen molar-refractivity contribution in [3.8, 4) is 11.5 Å². The standard InChI is InChI=1S/C26H35N3O4/c1-3-32-23-14-11-21(17-24(23)33-4-2)26(31)27-18-25(30)28-22-12-9-20(10-13-22)19-29-15-7-5-6-8-16-29/h9-14,17H,3-8,15-16,18-19H2,1-2H3,(H,27,31)(H,28,30). The lowest BCUT2D eigenvalue weighted by molar-refractivity contribution is -0.115. The maximum atomic E-state index is 12.5. The van der Waals surface area contributed by atoms with E-state index in [0.29, 0.717) is 36.0 Å². The maximum absolute atomic E-state index is 12.5. The van der Waals surface area contributed by atoms with Crippen LogP contribution in [0.3, 0.4) is 0 Å². The first-order valence-corrected chi connectivity index (χ1v) is 11.9. The summed E-state index contributed by atoms with van der Waals surface area (Å²) >= 11 is 0. The Bertz CT molecular complexity index is 906. The third kappa shape index (κ3) is 7.79. The van der Waals surface area contributed by atoms with Crippen LogP contribution in [0.1, 0.15) is 55.5 Å². The summed E-state index contributed by atoms with van der Waals surface area (Å²) in [6, 6.07) is 12.9. The number of anilines is 1. The number of nitrogens with one attached hydrogen (secondary N) is 2. The first kappa shape index (κ1) is 24.6. The summed E-state index contributed by atoms with van der Waals surface area (Å²) in [6.45, 7) is 7.85. The van der Waals surface area contributed by atoms with Gasteiger partial charge in [-0.25, -0.2) is 0 Å². The number of hydrogen-bond donors (Lipinski definition) is 2. The van der Waals surface area contributed by atoms with E-state index in [0.717, 1.165) is 19.6 Å². The average Bonchev–Trinajstić information content (AvgIpc) is 3.09. The molecule has 1 aliphatic rings. The highest BCUT2D eigenvalue weighted by Gasteiger charge is 2.13. The van der Waals surface area contributed by atoms with Crippen molar-refractivity contribution in [3.05, 3.63) is 53.6 Å². The normalized spacial score (nSPS) is 14.2. The average molecular weight is 454 g/mol. The molecule has 0 bridgehead atoms. The van der Waals surface area contributed by atoms with Gasteiger partial charge in [0.15, 0.2) is 11.5 Å². The number of amides is 2. The predicted molar refractivity (Wildman–Crippen MR) is 130 cm³/mol. The molecule has 2 N–H and O–H groups in total. The molecule has 0 aliphatic carbocycles. The Morgan fingerprint density at radius 1 is 0.879 bits per heavy atom. The summed E-state index contributed by atoms with van der Waals surface area (Å²) in [4.78, 5) is 27.3. The Balaban J connectivity index is 1.48. The lowest BCUT2D eigenvalue weighted by Gasteiger charge is -2.19. The van der Waals surface area contributed by atoms with E-state index in [2.05, 4.69) is 15.5 Å². The molecule has 1 aliphatic heterocycles. The van der Waals surface area contributed by atoms with Crippen LogP contribution in [0.15, 0.2) is 42.5 Å². The minimum absolute atomic E-state index is 0.120. The highest BCUT2D eigenvalue weighted by molar-refractivity contribution is 5.99. The molecule has 0 radical (unpaired) electrons. The number of likely N-dealkylation sites (tertiary alicyclic amines) is 1. The first-order chi connectivity index (χ1) is 16.1. The van der Waals surface area contributed by atoms with E-state index in [4.69, 9.17) is 9.47 Å². The summed E-state index contributed by atoms with van der Waals surface area (Å²) in [5.41, 5.74) is 2.37. The molecule has 33 heavy (non-hydrogen) atoms. The second kappa shape index (κ2) is 12.8. The molecular formula is C26H35N3O4. The SMILES string of the molecule is CCOc1ccc(C(=O)NCC(=O)Nc2ccc(CN3CCCCCC3)cc2)cc1OCC. The fourth-order valence-electron chi connectivity index (χ4n) is 3.91. The fraction of sp³-hybridized carbons (Fsp3) is 0.462. The van der Waals surface area contributed by atoms with Crippen LogP contribution in [0, 0.1) is 0 Å². The number of benzene rings is 2. The van der Waals surface area contributed by atoms with Crippen molar-refractivity contribution in [1.29, 1.82) is 0 Å². The fourth-order valence-corrected chi connectivity index (χ4v) is 3.91. The van der Waals surface area contributed by atoms with E-state index in [1.54, 1.807) is 18.2 Å². The van der Waals surface area contributed by atoms with E-state index in [1.165, 1.54) is 31.2 Å². The Morgan fingerprint density at radius 3 is 2.21 bits per heavy atom. The Kier molecular flexibility index (Phi) is 9.57. The van der Waals surface area contributed by atoms with Gasteiger partial charge in [-0.15, -0.1) is 0 Å². The quantitative estimate of drug-likeness (QED) is 0.563. The van der Waals surface area contributed by atoms with Gasteiger partial charge in [0, 0.05) is 17.8 Å². The molecule has 2 aromatic carbocycles. The van der Waals surface area contributed by atoms with Gasteiger partial charge in [-0.1, -0.05) is 25.0 Å². The van der Waals surface area contributed by atoms with Crippen molar-refractivity contribution in [1.82, 2.24) is 10.2 Å². The zero-order valence-corrected chi connectivity index (χ0v) is 19.7. The number of rotatable bonds is 10. The minimum Gasteiger partial charge on any atom is -0.490 e. The summed E-state index contributed by atoms with van der Waals surface area (Å²) in [6.07, 6.45) is 5.18. The lowest BCUT2D eigenvalue weighted by Crippen LogP contribution is -2.32. The molecule has 1 heterocycles. The van der Waals surface area contributed by atoms with Gasteiger partial charge in [-0.05, 0) is 75.7 Å². The second-order valence-electron chi connectivity index (χ2n) is 8.15. The molecule has 0 aromatic heterocycles. The number of hydrogen-bond acceptors (Lipinski definition) is 5. The van der Waals surface area contributed by atoms with Crippen molar-refractivity contribution >= 4 is 17.5 Å². The summed E-state index contributed by atoms with van der Waals surface area (Å²) < 4.78 is 11.1. The monoisotopic (exact) mass is 453 g/mol. The van der Waals surface area contributed by atoms with Crippen molar-refractivity contribution in [2.45, 2.75) is 46.1 Å². The van der Waals surface area contributed by atoms with Crippen LogP contribution in [0.25, 0.3) is 0 Å². The van der Waals surface area contributed by atoms with E-state index in [1.807, 2.05) is 38.1 Å². The van der Waals surface area contributed by atoms with Crippen LogP contribution < -0.4 is 20.1 Å². The van der Waals surface area contributed by atoms with Gasteiger partial charge in [0.1, 0.15) is 0 Å². The van der Waals surface area contributed by atoms with Crippen molar-refractivity contribution < 1.29 is 19.1 Å². The molecular weight excluding hydrogens is 418 g/mol. The topological polar surface area (TPSA) is 79.9 Å². The van der Waals surface area contributed by atoms with Gasteiger partial charge in [0.2, 0.25) is 5.91 Å². The van der Waals surface area contributed by atoms with Crippen LogP contribution in [-0.2, 0) is 11.3 Å². The van der Waals surface area contributed by atoms with Crippen LogP contribution in [0.2, 0.25) is 0 Å². The van der Waals surface area contributed by atoms with E-state index < -0.39 is 0 Å². The first-order valence-electron chi connectivity index (χ1n) is 11.9. The number of carbonyl (C=O) groups excluding carboxylic acids is 2. The predicted octanol–water partition coefficient (Wildman–Crippen LogP) is 4.23. The zero-order chi connectivity index (χ0) is 23.5. The van der Waals surface area contributed by atoms with Crippen molar-refractivity contribution in [2.24, 2.45) is 0 Å². The van der Waals surface area contributed by atoms with Crippen molar-refractivity contribution in [3.63, 3.8) is 0 Å². The highest BCUT2D eigenvalue weighted by Crippen LogP contribution is 2.28. The van der Waals surface area contributed by atoms with Crippen LogP contribution in [0.4, 0.5) is 5.69 Å². The molecule has 7 nitrogen and oxygen atoms in total. The Morgan fingerprint density at radius 2 is 1.55 bits per heavy atom. The zero-order valence-electron chi connectivity index (χ0n) is 19.7. The third-order valence-corrected chi connectivity index (χ3v) is 5.56. The minimum atomic E-state index is -0.345. The largest absolute Gasteiger partial charge is 0.490 e. The molecule has 3 rings (SSSR count). The van der Waals surface area contributed by atoms with Gasteiger partial charge in [0.05, 0.1) is 19.8 Å². The molecule has 2 aromatic rings. The van der Waals surface area contributed by atoms with E-state index in [-0.39, 0.29) is 18.4 Å². The second-order valence-corrected chi connectivity index (χ2v) is 8.15. The lowest BCUT2D eigenvalue weighted by atomic mass is 10.2. The van der Waals surface area contributed by atoms with Gasteiger partial charge >= 0.3 is 0 Å². The molecule has 0 spiro atoms. The van der Waals surface area contributed by atoms with Crippen LogP contribution >= 0.6 is 0 Å². The Hall–Kier alpha value is -3.06. The van der Waals surface area contributed by atoms with Gasteiger partial charge in [-0.2, -0.15) is 0 Å². The van der Waals surface area contributed by atoms with Crippen LogP contribution in [0.5, 0.6) is 11.5 Å². The summed E-state index contributed by atoms with van der Waals surface area (Å²) in [5.74, 6) is 0.478. The molecule has 0 atom stereocenters. The molecule has 0 unspecified atom stereocenters. The maximum Gasteiger partial charge on any atom is 0.251 e. The molecule has 178 valence electrons. The number of carbonyl (C=O) groups is 2. The molecule has 7 heteroatoms. The van der Waals surface area contributed by atoms with Gasteiger partial charge in [-0.3, -0.25) is 14.5 Å². The molecule has 0 saturated carbocycles. The highest BCUT2D eigenvalue weighted by atomic mass is 16.5.